The van der Waals surface area contributed by atoms with E-state index in [1.807, 2.05) is 0 Å². The maximum atomic E-state index is 2.74. The van der Waals surface area contributed by atoms with Crippen LogP contribution >= 0.6 is 0 Å². The predicted molar refractivity (Wildman–Crippen MR) is 88.6 cm³/mol. The Morgan fingerprint density at radius 2 is 1.86 bits per heavy atom. The van der Waals surface area contributed by atoms with Crippen LogP contribution in [-0.2, 0) is 19.3 Å². The zero-order valence-electron chi connectivity index (χ0n) is 13.5. The molecule has 2 unspecified atom stereocenters. The molecule has 0 N–H and O–H groups in total. The summed E-state index contributed by atoms with van der Waals surface area (Å²) < 4.78 is 0. The molecule has 3 aliphatic rings. The number of rotatable bonds is 3. The predicted octanol–water partition coefficient (Wildman–Crippen LogP) is 4.09. The van der Waals surface area contributed by atoms with Gasteiger partial charge in [-0.1, -0.05) is 25.1 Å². The summed E-state index contributed by atoms with van der Waals surface area (Å²) in [6, 6.07) is 7.33. The van der Waals surface area contributed by atoms with E-state index < -0.39 is 0 Å². The van der Waals surface area contributed by atoms with E-state index in [0.717, 1.165) is 17.8 Å². The van der Waals surface area contributed by atoms with Gasteiger partial charge in [0.25, 0.3) is 0 Å². The van der Waals surface area contributed by atoms with Gasteiger partial charge in [-0.05, 0) is 79.4 Å². The molecule has 0 radical (unpaired) electrons. The molecule has 1 heterocycles. The molecule has 4 rings (SSSR count). The molecule has 2 aliphatic carbocycles. The standard InChI is InChI=1S/C20H29N/c1-15-2-6-20-12-16(5-7-19(20)10-15)8-9-21-13-17-3-4-18(11-17)14-21/h5,7,12,15,17-18H,2-4,6,8-11,13-14H2,1H3/t15-,17?,18?/m0/s1. The molecule has 2 fully saturated rings. The van der Waals surface area contributed by atoms with Crippen molar-refractivity contribution in [3.63, 3.8) is 0 Å². The summed E-state index contributed by atoms with van der Waals surface area (Å²) in [7, 11) is 0. The Bertz CT molecular complexity index is 495. The molecule has 3 atom stereocenters. The SMILES string of the molecule is C[C@H]1CCc2cc(CCN3CC4CCC(C4)C3)ccc2C1. The summed E-state index contributed by atoms with van der Waals surface area (Å²) in [6.45, 7) is 6.42. The molecular weight excluding hydrogens is 254 g/mol. The van der Waals surface area contributed by atoms with Crippen LogP contribution < -0.4 is 0 Å². The van der Waals surface area contributed by atoms with Gasteiger partial charge in [-0.15, -0.1) is 0 Å². The average molecular weight is 283 g/mol. The Morgan fingerprint density at radius 1 is 1.05 bits per heavy atom. The van der Waals surface area contributed by atoms with Gasteiger partial charge in [-0.3, -0.25) is 0 Å². The molecule has 1 aromatic carbocycles. The zero-order valence-corrected chi connectivity index (χ0v) is 13.5. The first kappa shape index (κ1) is 13.8. The van der Waals surface area contributed by atoms with Crippen molar-refractivity contribution in [2.45, 2.75) is 51.9 Å². The molecule has 2 bridgehead atoms. The lowest BCUT2D eigenvalue weighted by Gasteiger charge is -2.31. The molecule has 1 saturated carbocycles. The molecule has 1 saturated heterocycles. The smallest absolute Gasteiger partial charge is 0.00221 e. The summed E-state index contributed by atoms with van der Waals surface area (Å²) >= 11 is 0. The van der Waals surface area contributed by atoms with Crippen molar-refractivity contribution in [3.05, 3.63) is 34.9 Å². The van der Waals surface area contributed by atoms with Gasteiger partial charge in [0.2, 0.25) is 0 Å². The van der Waals surface area contributed by atoms with Crippen LogP contribution in [0.3, 0.4) is 0 Å². The van der Waals surface area contributed by atoms with Gasteiger partial charge in [0, 0.05) is 19.6 Å². The van der Waals surface area contributed by atoms with Gasteiger partial charge in [-0.2, -0.15) is 0 Å². The highest BCUT2D eigenvalue weighted by atomic mass is 15.1. The number of fused-ring (bicyclic) bond motifs is 3. The second-order valence-electron chi connectivity index (χ2n) is 8.01. The molecule has 1 aromatic rings. The van der Waals surface area contributed by atoms with Gasteiger partial charge in [0.15, 0.2) is 0 Å². The van der Waals surface area contributed by atoms with Crippen LogP contribution in [0.4, 0.5) is 0 Å². The molecule has 0 aromatic heterocycles. The van der Waals surface area contributed by atoms with Crippen molar-refractivity contribution >= 4 is 0 Å². The van der Waals surface area contributed by atoms with E-state index in [1.165, 1.54) is 64.6 Å². The van der Waals surface area contributed by atoms with E-state index in [1.54, 1.807) is 16.7 Å². The zero-order chi connectivity index (χ0) is 14.2. The maximum Gasteiger partial charge on any atom is 0.00221 e. The number of benzene rings is 1. The highest BCUT2D eigenvalue weighted by Gasteiger charge is 2.32. The van der Waals surface area contributed by atoms with Crippen molar-refractivity contribution < 1.29 is 0 Å². The molecule has 0 spiro atoms. The van der Waals surface area contributed by atoms with Crippen molar-refractivity contribution in [1.82, 2.24) is 4.90 Å². The third-order valence-corrected chi connectivity index (χ3v) is 6.14. The normalized spacial score (nSPS) is 32.1. The van der Waals surface area contributed by atoms with E-state index in [9.17, 15) is 0 Å². The van der Waals surface area contributed by atoms with Gasteiger partial charge in [0.1, 0.15) is 0 Å². The molecule has 1 nitrogen and oxygen atoms in total. The number of aryl methyl sites for hydroxylation is 1. The fourth-order valence-corrected chi connectivity index (χ4v) is 4.93. The second-order valence-corrected chi connectivity index (χ2v) is 8.01. The minimum absolute atomic E-state index is 0.882. The third kappa shape index (κ3) is 3.04. The fourth-order valence-electron chi connectivity index (χ4n) is 4.93. The van der Waals surface area contributed by atoms with Crippen LogP contribution in [0.15, 0.2) is 18.2 Å². The van der Waals surface area contributed by atoms with Crippen molar-refractivity contribution in [1.29, 1.82) is 0 Å². The number of likely N-dealkylation sites (tertiary alicyclic amines) is 1. The van der Waals surface area contributed by atoms with Gasteiger partial charge in [0.05, 0.1) is 0 Å². The molecule has 21 heavy (non-hydrogen) atoms. The van der Waals surface area contributed by atoms with Crippen LogP contribution in [0.2, 0.25) is 0 Å². The molecule has 0 amide bonds. The van der Waals surface area contributed by atoms with Crippen molar-refractivity contribution in [3.8, 4) is 0 Å². The van der Waals surface area contributed by atoms with Crippen LogP contribution in [0.5, 0.6) is 0 Å². The summed E-state index contributed by atoms with van der Waals surface area (Å²) in [4.78, 5) is 2.74. The Hall–Kier alpha value is -0.820. The lowest BCUT2D eigenvalue weighted by atomic mass is 9.84. The van der Waals surface area contributed by atoms with Crippen LogP contribution in [0.25, 0.3) is 0 Å². The first-order valence-corrected chi connectivity index (χ1v) is 9.09. The average Bonchev–Trinajstić information content (AvgIpc) is 2.84. The molecular formula is C20H29N. The Kier molecular flexibility index (Phi) is 3.79. The fraction of sp³-hybridized carbons (Fsp3) is 0.700. The maximum absolute atomic E-state index is 2.74. The summed E-state index contributed by atoms with van der Waals surface area (Å²) in [6.07, 6.45) is 9.75. The van der Waals surface area contributed by atoms with Crippen LogP contribution in [-0.4, -0.2) is 24.5 Å². The Balaban J connectivity index is 1.37. The first-order valence-electron chi connectivity index (χ1n) is 9.09. The van der Waals surface area contributed by atoms with E-state index in [-0.39, 0.29) is 0 Å². The van der Waals surface area contributed by atoms with Gasteiger partial charge < -0.3 is 4.90 Å². The lowest BCUT2D eigenvalue weighted by Crippen LogP contribution is -2.37. The van der Waals surface area contributed by atoms with Crippen molar-refractivity contribution in [2.24, 2.45) is 17.8 Å². The van der Waals surface area contributed by atoms with E-state index >= 15 is 0 Å². The largest absolute Gasteiger partial charge is 0.302 e. The summed E-state index contributed by atoms with van der Waals surface area (Å²) in [5, 5.41) is 0. The lowest BCUT2D eigenvalue weighted by molar-refractivity contribution is 0.170. The minimum Gasteiger partial charge on any atom is -0.302 e. The van der Waals surface area contributed by atoms with Crippen molar-refractivity contribution in [2.75, 3.05) is 19.6 Å². The number of hydrogen-bond acceptors (Lipinski definition) is 1. The second kappa shape index (κ2) is 5.76. The molecule has 114 valence electrons. The quantitative estimate of drug-likeness (QED) is 0.808. The van der Waals surface area contributed by atoms with E-state index in [0.29, 0.717) is 0 Å². The van der Waals surface area contributed by atoms with Gasteiger partial charge in [-0.25, -0.2) is 0 Å². The van der Waals surface area contributed by atoms with E-state index in [4.69, 9.17) is 0 Å². The number of nitrogens with zero attached hydrogens (tertiary/aromatic N) is 1. The summed E-state index contributed by atoms with van der Waals surface area (Å²) in [5.74, 6) is 2.93. The van der Waals surface area contributed by atoms with Crippen LogP contribution in [0, 0.1) is 17.8 Å². The monoisotopic (exact) mass is 283 g/mol. The topological polar surface area (TPSA) is 3.24 Å². The number of hydrogen-bond donors (Lipinski definition) is 0. The third-order valence-electron chi connectivity index (χ3n) is 6.14. The van der Waals surface area contributed by atoms with Crippen LogP contribution in [0.1, 0.15) is 49.3 Å². The Labute approximate surface area is 129 Å². The minimum atomic E-state index is 0.882. The Morgan fingerprint density at radius 3 is 2.67 bits per heavy atom. The highest BCUT2D eigenvalue weighted by Crippen LogP contribution is 2.36. The highest BCUT2D eigenvalue weighted by molar-refractivity contribution is 5.34. The van der Waals surface area contributed by atoms with E-state index in [2.05, 4.69) is 30.0 Å². The molecule has 1 heteroatoms. The number of piperidine rings is 1. The summed E-state index contributed by atoms with van der Waals surface area (Å²) in [5.41, 5.74) is 4.83. The van der Waals surface area contributed by atoms with Gasteiger partial charge >= 0.3 is 0 Å². The molecule has 1 aliphatic heterocycles. The first-order chi connectivity index (χ1) is 10.3.